The molecular weight excluding hydrogens is 777 g/mol. The van der Waals surface area contributed by atoms with Gasteiger partial charge in [-0.2, -0.15) is 0 Å². The predicted octanol–water partition coefficient (Wildman–Crippen LogP) is 10.1. The van der Waals surface area contributed by atoms with E-state index >= 15 is 0 Å². The van der Waals surface area contributed by atoms with Gasteiger partial charge in [-0.1, -0.05) is 76.8 Å². The molecule has 0 aromatic heterocycles. The van der Waals surface area contributed by atoms with Crippen LogP contribution >= 0.6 is 0 Å². The van der Waals surface area contributed by atoms with Crippen LogP contribution in [0.4, 0.5) is 0 Å². The molecule has 14 atom stereocenters. The lowest BCUT2D eigenvalue weighted by molar-refractivity contribution is -0.147. The van der Waals surface area contributed by atoms with E-state index in [4.69, 9.17) is 21.1 Å². The fourth-order valence-electron chi connectivity index (χ4n) is 15.5. The van der Waals surface area contributed by atoms with E-state index in [2.05, 4.69) is 50.2 Å². The zero-order chi connectivity index (χ0) is 45.1. The van der Waals surface area contributed by atoms with Crippen molar-refractivity contribution < 1.29 is 28.9 Å². The molecule has 0 aromatic carbocycles. The second-order valence-electron chi connectivity index (χ2n) is 23.1. The number of nitrogens with zero attached hydrogens (tertiary/aromatic N) is 2. The van der Waals surface area contributed by atoms with Crippen LogP contribution in [0.15, 0.2) is 33.6 Å². The standard InChI is InChI=1S/2C26H40N2O3/c2*1-15(2)23(27)24(30)31-28-18-10-12-25(4)17(14-18)6-7-19-21-9-8-20(16(3)29)26(21,5)13-11-22(19)25/h2*14-15,19-23H,6-13,27H2,1-5H3/b28-18+;28-18-/t19-,20+,21-,22-,23-,25-,26+;19-,20?,21-,22-,23-,25-,26+/m00/s1. The summed E-state index contributed by atoms with van der Waals surface area (Å²) in [6.45, 7) is 20.9. The number of ketones is 2. The molecular formula is C52H80N4O6. The van der Waals surface area contributed by atoms with Crippen molar-refractivity contribution in [3.8, 4) is 0 Å². The van der Waals surface area contributed by atoms with Crippen LogP contribution in [-0.2, 0) is 28.9 Å². The molecule has 0 spiro atoms. The summed E-state index contributed by atoms with van der Waals surface area (Å²) >= 11 is 0. The maximum absolute atomic E-state index is 12.3. The van der Waals surface area contributed by atoms with Gasteiger partial charge in [0.25, 0.3) is 0 Å². The highest BCUT2D eigenvalue weighted by atomic mass is 16.7. The van der Waals surface area contributed by atoms with Crippen molar-refractivity contribution in [2.75, 3.05) is 0 Å². The average molecular weight is 857 g/mol. The smallest absolute Gasteiger partial charge is 0.318 e. The molecule has 0 saturated heterocycles. The number of Topliss-reactive ketones (excluding diaryl/α,β-unsaturated/α-hetero) is 2. The Morgan fingerprint density at radius 1 is 0.548 bits per heavy atom. The van der Waals surface area contributed by atoms with Gasteiger partial charge in [0, 0.05) is 11.8 Å². The molecule has 4 N–H and O–H groups in total. The van der Waals surface area contributed by atoms with Gasteiger partial charge in [-0.15, -0.1) is 0 Å². The van der Waals surface area contributed by atoms with Crippen LogP contribution in [0.3, 0.4) is 0 Å². The van der Waals surface area contributed by atoms with E-state index in [1.54, 1.807) is 13.8 Å². The maximum atomic E-state index is 12.3. The van der Waals surface area contributed by atoms with Crippen molar-refractivity contribution in [3.05, 3.63) is 23.3 Å². The zero-order valence-electron chi connectivity index (χ0n) is 39.9. The Kier molecular flexibility index (Phi) is 13.5. The first-order valence-corrected chi connectivity index (χ1v) is 24.6. The van der Waals surface area contributed by atoms with Gasteiger partial charge in [0.05, 0.1) is 11.4 Å². The minimum atomic E-state index is -0.636. The number of hydrogen-bond donors (Lipinski definition) is 2. The number of carbonyl (C=O) groups is 4. The number of rotatable bonds is 8. The quantitative estimate of drug-likeness (QED) is 0.180. The third-order valence-electron chi connectivity index (χ3n) is 19.4. The van der Waals surface area contributed by atoms with Crippen molar-refractivity contribution in [2.24, 2.45) is 103 Å². The van der Waals surface area contributed by atoms with E-state index in [0.29, 0.717) is 35.2 Å². The highest BCUT2D eigenvalue weighted by Gasteiger charge is 2.61. The van der Waals surface area contributed by atoms with Crippen LogP contribution in [0.1, 0.15) is 172 Å². The normalized spacial score (nSPS) is 41.8. The Morgan fingerprint density at radius 3 is 1.26 bits per heavy atom. The Morgan fingerprint density at radius 2 is 0.919 bits per heavy atom. The fourth-order valence-corrected chi connectivity index (χ4v) is 15.5. The number of allylic oxidation sites excluding steroid dienone is 4. The first-order chi connectivity index (χ1) is 29.2. The third-order valence-corrected chi connectivity index (χ3v) is 19.4. The minimum Gasteiger partial charge on any atom is -0.318 e. The van der Waals surface area contributed by atoms with Gasteiger partial charge >= 0.3 is 11.9 Å². The minimum absolute atomic E-state index is 0.0335. The number of nitrogens with two attached hydrogens (primary N) is 2. The summed E-state index contributed by atoms with van der Waals surface area (Å²) in [6, 6.07) is -1.27. The number of hydrogen-bond acceptors (Lipinski definition) is 10. The summed E-state index contributed by atoms with van der Waals surface area (Å²) in [5.41, 5.74) is 17.3. The van der Waals surface area contributed by atoms with E-state index in [1.165, 1.54) is 62.5 Å². The number of fused-ring (bicyclic) bond motifs is 10. The summed E-state index contributed by atoms with van der Waals surface area (Å²) in [6.07, 6.45) is 22.2. The van der Waals surface area contributed by atoms with Gasteiger partial charge in [0.2, 0.25) is 0 Å². The Hall–Kier alpha value is -2.98. The Balaban J connectivity index is 0.000000186. The molecule has 8 aliphatic rings. The van der Waals surface area contributed by atoms with Crippen LogP contribution in [-0.4, -0.2) is 47.0 Å². The second-order valence-corrected chi connectivity index (χ2v) is 23.1. The molecule has 1 unspecified atom stereocenters. The average Bonchev–Trinajstić information content (AvgIpc) is 3.78. The van der Waals surface area contributed by atoms with Crippen molar-refractivity contribution in [1.82, 2.24) is 0 Å². The molecule has 0 heterocycles. The molecule has 62 heavy (non-hydrogen) atoms. The molecule has 0 radical (unpaired) electrons. The van der Waals surface area contributed by atoms with Crippen LogP contribution in [0.5, 0.6) is 0 Å². The summed E-state index contributed by atoms with van der Waals surface area (Å²) in [5, 5.41) is 8.36. The Bertz CT molecular complexity index is 1760. The lowest BCUT2D eigenvalue weighted by atomic mass is 9.46. The monoisotopic (exact) mass is 857 g/mol. The predicted molar refractivity (Wildman–Crippen MR) is 244 cm³/mol. The molecule has 10 heteroatoms. The fraction of sp³-hybridized carbons (Fsp3) is 0.808. The van der Waals surface area contributed by atoms with Crippen molar-refractivity contribution >= 4 is 34.9 Å². The zero-order valence-corrected chi connectivity index (χ0v) is 39.9. The molecule has 0 bridgehead atoms. The van der Waals surface area contributed by atoms with Gasteiger partial charge < -0.3 is 21.1 Å². The largest absolute Gasteiger partial charge is 0.351 e. The first kappa shape index (κ1) is 47.0. The molecule has 0 aliphatic heterocycles. The Labute approximate surface area is 372 Å². The van der Waals surface area contributed by atoms with E-state index in [9.17, 15) is 19.2 Å². The van der Waals surface area contributed by atoms with Gasteiger partial charge in [0.1, 0.15) is 23.7 Å². The van der Waals surface area contributed by atoms with Crippen molar-refractivity contribution in [2.45, 2.75) is 184 Å². The molecule has 6 fully saturated rings. The molecule has 6 saturated carbocycles. The number of oxime groups is 2. The van der Waals surface area contributed by atoms with Gasteiger partial charge in [-0.05, 0) is 198 Å². The third kappa shape index (κ3) is 8.28. The van der Waals surface area contributed by atoms with Crippen LogP contribution in [0, 0.1) is 80.8 Å². The summed E-state index contributed by atoms with van der Waals surface area (Å²) in [4.78, 5) is 59.1. The topological polar surface area (TPSA) is 164 Å². The summed E-state index contributed by atoms with van der Waals surface area (Å²) < 4.78 is 0. The molecule has 8 rings (SSSR count). The van der Waals surface area contributed by atoms with Crippen LogP contribution in [0.25, 0.3) is 0 Å². The van der Waals surface area contributed by atoms with Gasteiger partial charge in [-0.3, -0.25) is 9.59 Å². The van der Waals surface area contributed by atoms with E-state index < -0.39 is 24.0 Å². The van der Waals surface area contributed by atoms with Gasteiger partial charge in [0.15, 0.2) is 0 Å². The molecule has 0 amide bonds. The highest BCUT2D eigenvalue weighted by Crippen LogP contribution is 2.68. The van der Waals surface area contributed by atoms with E-state index in [-0.39, 0.29) is 45.3 Å². The van der Waals surface area contributed by atoms with Crippen LogP contribution in [0.2, 0.25) is 0 Å². The first-order valence-electron chi connectivity index (χ1n) is 24.6. The highest BCUT2D eigenvalue weighted by molar-refractivity contribution is 5.97. The SMILES string of the molecule is CC(=O)C1CC[C@H]2[C@@H]3CCC4=C/C(=N\OC(=O)[C@@H](N)C(C)C)CC[C@]4(C)[C@H]3CC[C@]12C.CC(=O)[C@H]1CC[C@H]2[C@@H]3CCC4=C/C(=N/OC(=O)[C@@H](N)C(C)C)CC[C@]4(C)[C@H]3CC[C@]12C. The summed E-state index contributed by atoms with van der Waals surface area (Å²) in [7, 11) is 0. The molecule has 0 aromatic rings. The number of carbonyl (C=O) groups excluding carboxylic acids is 4. The van der Waals surface area contributed by atoms with Crippen molar-refractivity contribution in [1.29, 1.82) is 0 Å². The van der Waals surface area contributed by atoms with E-state index in [0.717, 1.165) is 74.6 Å². The van der Waals surface area contributed by atoms with Gasteiger partial charge in [-0.25, -0.2) is 9.59 Å². The summed E-state index contributed by atoms with van der Waals surface area (Å²) in [5.74, 6) is 4.70. The van der Waals surface area contributed by atoms with Crippen LogP contribution < -0.4 is 11.5 Å². The maximum Gasteiger partial charge on any atom is 0.351 e. The second kappa shape index (κ2) is 17.8. The molecule has 8 aliphatic carbocycles. The lowest BCUT2D eigenvalue weighted by Gasteiger charge is -2.58. The van der Waals surface area contributed by atoms with Crippen molar-refractivity contribution in [3.63, 3.8) is 0 Å². The molecule has 344 valence electrons. The molecule has 10 nitrogen and oxygen atoms in total. The van der Waals surface area contributed by atoms with E-state index in [1.807, 2.05) is 27.7 Å². The lowest BCUT2D eigenvalue weighted by Crippen LogP contribution is -2.51.